The lowest BCUT2D eigenvalue weighted by Crippen LogP contribution is -2.38. The highest BCUT2D eigenvalue weighted by molar-refractivity contribution is 5.91. The maximum Gasteiger partial charge on any atom is 0.322 e. The summed E-state index contributed by atoms with van der Waals surface area (Å²) in [6, 6.07) is 25.8. The third kappa shape index (κ3) is 3.56. The van der Waals surface area contributed by atoms with Gasteiger partial charge in [-0.2, -0.15) is 0 Å². The van der Waals surface area contributed by atoms with E-state index in [9.17, 15) is 9.18 Å². The van der Waals surface area contributed by atoms with Crippen molar-refractivity contribution in [3.8, 4) is 5.69 Å². The number of nitrogens with one attached hydrogen (secondary N) is 1. The Hall–Kier alpha value is -3.86. The molecule has 1 N–H and O–H groups in total. The number of nitrogens with zero attached hydrogens (tertiary/aromatic N) is 2. The number of carbonyl (C=O) groups excluding carboxylic acids is 1. The molecule has 5 rings (SSSR count). The van der Waals surface area contributed by atoms with Gasteiger partial charge in [0.2, 0.25) is 0 Å². The lowest BCUT2D eigenvalue weighted by molar-refractivity contribution is 0.194. The Morgan fingerprint density at radius 1 is 0.969 bits per heavy atom. The maximum atomic E-state index is 13.7. The highest BCUT2D eigenvalue weighted by Gasteiger charge is 2.33. The first-order valence-corrected chi connectivity index (χ1v) is 10.8. The van der Waals surface area contributed by atoms with Crippen molar-refractivity contribution >= 4 is 11.7 Å². The van der Waals surface area contributed by atoms with Crippen LogP contribution in [0, 0.1) is 5.82 Å². The molecule has 3 aromatic carbocycles. The predicted molar refractivity (Wildman–Crippen MR) is 124 cm³/mol. The van der Waals surface area contributed by atoms with Crippen LogP contribution in [0.1, 0.15) is 35.3 Å². The van der Waals surface area contributed by atoms with E-state index in [0.29, 0.717) is 6.54 Å². The lowest BCUT2D eigenvalue weighted by Gasteiger charge is -2.31. The van der Waals surface area contributed by atoms with Gasteiger partial charge in [0.1, 0.15) is 5.82 Å². The molecule has 1 aliphatic rings. The van der Waals surface area contributed by atoms with Crippen LogP contribution in [0.4, 0.5) is 14.9 Å². The number of halogens is 1. The van der Waals surface area contributed by atoms with E-state index in [1.807, 2.05) is 65.7 Å². The third-order valence-corrected chi connectivity index (χ3v) is 6.05. The number of hydrogen-bond acceptors (Lipinski definition) is 1. The van der Waals surface area contributed by atoms with E-state index in [0.717, 1.165) is 40.2 Å². The van der Waals surface area contributed by atoms with Gasteiger partial charge in [0.05, 0.1) is 18.3 Å². The molecule has 160 valence electrons. The van der Waals surface area contributed by atoms with Gasteiger partial charge in [-0.1, -0.05) is 55.5 Å². The van der Waals surface area contributed by atoms with Crippen LogP contribution in [0.2, 0.25) is 0 Å². The van der Waals surface area contributed by atoms with E-state index in [1.165, 1.54) is 12.1 Å². The minimum Gasteiger partial charge on any atom is -0.318 e. The summed E-state index contributed by atoms with van der Waals surface area (Å²) in [5.41, 5.74) is 5.81. The number of aryl methyl sites for hydroxylation is 1. The van der Waals surface area contributed by atoms with E-state index in [2.05, 4.69) is 22.9 Å². The van der Waals surface area contributed by atoms with Crippen LogP contribution in [0.25, 0.3) is 5.69 Å². The minimum atomic E-state index is -0.369. The first-order chi connectivity index (χ1) is 15.7. The van der Waals surface area contributed by atoms with Crippen molar-refractivity contribution in [1.82, 2.24) is 9.47 Å². The van der Waals surface area contributed by atoms with Crippen LogP contribution in [0.3, 0.4) is 0 Å². The fourth-order valence-corrected chi connectivity index (χ4v) is 4.47. The predicted octanol–water partition coefficient (Wildman–Crippen LogP) is 6.32. The molecule has 0 saturated heterocycles. The molecule has 1 aliphatic heterocycles. The monoisotopic (exact) mass is 425 g/mol. The average molecular weight is 426 g/mol. The molecule has 32 heavy (non-hydrogen) atoms. The summed E-state index contributed by atoms with van der Waals surface area (Å²) in [5.74, 6) is -0.297. The van der Waals surface area contributed by atoms with Crippen LogP contribution < -0.4 is 5.32 Å². The summed E-state index contributed by atoms with van der Waals surface area (Å²) in [4.78, 5) is 15.5. The molecule has 0 spiro atoms. The largest absolute Gasteiger partial charge is 0.322 e. The van der Waals surface area contributed by atoms with Gasteiger partial charge >= 0.3 is 6.03 Å². The van der Waals surface area contributed by atoms with Crippen molar-refractivity contribution in [3.05, 3.63) is 119 Å². The highest BCUT2D eigenvalue weighted by Crippen LogP contribution is 2.37. The van der Waals surface area contributed by atoms with Gasteiger partial charge in [-0.3, -0.25) is 0 Å². The Morgan fingerprint density at radius 2 is 1.72 bits per heavy atom. The number of anilines is 1. The van der Waals surface area contributed by atoms with E-state index in [-0.39, 0.29) is 17.9 Å². The molecule has 1 unspecified atom stereocenters. The number of urea groups is 1. The van der Waals surface area contributed by atoms with Gasteiger partial charge in [0.25, 0.3) is 0 Å². The molecule has 2 heterocycles. The zero-order chi connectivity index (χ0) is 22.1. The maximum absolute atomic E-state index is 13.7. The van der Waals surface area contributed by atoms with E-state index < -0.39 is 0 Å². The second-order valence-corrected chi connectivity index (χ2v) is 7.95. The minimum absolute atomic E-state index is 0.190. The topological polar surface area (TPSA) is 37.3 Å². The Kier molecular flexibility index (Phi) is 5.23. The second kappa shape index (κ2) is 8.35. The molecule has 0 bridgehead atoms. The van der Waals surface area contributed by atoms with E-state index in [1.54, 1.807) is 12.1 Å². The number of hydrogen-bond donors (Lipinski definition) is 1. The van der Waals surface area contributed by atoms with Crippen LogP contribution in [-0.2, 0) is 13.0 Å². The fourth-order valence-electron chi connectivity index (χ4n) is 4.47. The zero-order valence-corrected chi connectivity index (χ0v) is 17.8. The molecule has 1 atom stereocenters. The van der Waals surface area contributed by atoms with Gasteiger partial charge < -0.3 is 14.8 Å². The summed E-state index contributed by atoms with van der Waals surface area (Å²) in [6.45, 7) is 2.50. The van der Waals surface area contributed by atoms with E-state index >= 15 is 0 Å². The summed E-state index contributed by atoms with van der Waals surface area (Å²) in [5, 5.41) is 3.13. The molecule has 0 fully saturated rings. The van der Waals surface area contributed by atoms with Gasteiger partial charge in [0, 0.05) is 17.6 Å². The summed E-state index contributed by atoms with van der Waals surface area (Å²) >= 11 is 0. The number of amides is 2. The Morgan fingerprint density at radius 3 is 2.53 bits per heavy atom. The zero-order valence-electron chi connectivity index (χ0n) is 17.8. The molecule has 0 saturated carbocycles. The summed E-state index contributed by atoms with van der Waals surface area (Å²) in [7, 11) is 0. The quantitative estimate of drug-likeness (QED) is 0.410. The first kappa shape index (κ1) is 20.1. The molecule has 5 heteroatoms. The number of aromatic nitrogens is 1. The van der Waals surface area contributed by atoms with Crippen molar-refractivity contribution in [2.45, 2.75) is 25.9 Å². The molecule has 2 amide bonds. The van der Waals surface area contributed by atoms with Gasteiger partial charge in [0.15, 0.2) is 0 Å². The van der Waals surface area contributed by atoms with E-state index in [4.69, 9.17) is 0 Å². The number of carbonyl (C=O) groups is 1. The van der Waals surface area contributed by atoms with Crippen molar-refractivity contribution in [2.24, 2.45) is 0 Å². The van der Waals surface area contributed by atoms with Crippen molar-refractivity contribution in [2.75, 3.05) is 5.32 Å². The lowest BCUT2D eigenvalue weighted by atomic mass is 10.0. The summed E-state index contributed by atoms with van der Waals surface area (Å²) in [6.07, 6.45) is 2.84. The molecule has 0 aliphatic carbocycles. The number of fused-ring (bicyclic) bond motifs is 3. The Balaban J connectivity index is 1.63. The van der Waals surface area contributed by atoms with Crippen LogP contribution >= 0.6 is 0 Å². The van der Waals surface area contributed by atoms with Crippen molar-refractivity contribution in [3.63, 3.8) is 0 Å². The van der Waals surface area contributed by atoms with Crippen LogP contribution in [-0.4, -0.2) is 15.5 Å². The number of para-hydroxylation sites is 2. The standard InChI is InChI=1S/C27H24FN3O/c1-2-19-8-3-5-10-23(19)29-27(32)31-18-21-9-4-6-11-24(21)30-17-7-12-25(30)26(31)20-13-15-22(28)16-14-20/h3-17,26H,2,18H2,1H3,(H,29,32). The van der Waals surface area contributed by atoms with Crippen LogP contribution in [0.15, 0.2) is 91.1 Å². The average Bonchev–Trinajstić information content (AvgIpc) is 3.24. The fraction of sp³-hybridized carbons (Fsp3) is 0.148. The van der Waals surface area contributed by atoms with Gasteiger partial charge in [-0.05, 0) is 59.5 Å². The third-order valence-electron chi connectivity index (χ3n) is 6.05. The van der Waals surface area contributed by atoms with Gasteiger partial charge in [-0.15, -0.1) is 0 Å². The molecule has 1 aromatic heterocycles. The first-order valence-electron chi connectivity index (χ1n) is 10.8. The number of rotatable bonds is 3. The SMILES string of the molecule is CCc1ccccc1NC(=O)N1Cc2ccccc2-n2cccc2C1c1ccc(F)cc1. The highest BCUT2D eigenvalue weighted by atomic mass is 19.1. The molecule has 4 aromatic rings. The normalized spacial score (nSPS) is 14.9. The molecular formula is C27H24FN3O. The van der Waals surface area contributed by atoms with Crippen molar-refractivity contribution < 1.29 is 9.18 Å². The smallest absolute Gasteiger partial charge is 0.318 e. The second-order valence-electron chi connectivity index (χ2n) is 7.95. The molecule has 0 radical (unpaired) electrons. The number of benzene rings is 3. The van der Waals surface area contributed by atoms with Gasteiger partial charge in [-0.25, -0.2) is 9.18 Å². The molecule has 4 nitrogen and oxygen atoms in total. The Labute approximate surface area is 186 Å². The summed E-state index contributed by atoms with van der Waals surface area (Å²) < 4.78 is 15.8. The van der Waals surface area contributed by atoms with Crippen LogP contribution in [0.5, 0.6) is 0 Å². The van der Waals surface area contributed by atoms with Crippen molar-refractivity contribution in [1.29, 1.82) is 0 Å². The molecular weight excluding hydrogens is 401 g/mol. The Bertz CT molecular complexity index is 1260.